The van der Waals surface area contributed by atoms with Gasteiger partial charge in [0.25, 0.3) is 0 Å². The number of para-hydroxylation sites is 2. The van der Waals surface area contributed by atoms with Crippen molar-refractivity contribution in [3.8, 4) is 27.9 Å². The van der Waals surface area contributed by atoms with Crippen LogP contribution in [0.3, 0.4) is 0 Å². The van der Waals surface area contributed by atoms with Gasteiger partial charge in [0.05, 0.1) is 10.9 Å². The Balaban J connectivity index is 1.18. The van der Waals surface area contributed by atoms with Crippen molar-refractivity contribution in [3.63, 3.8) is 0 Å². The van der Waals surface area contributed by atoms with Crippen molar-refractivity contribution in [2.75, 3.05) is 0 Å². The minimum absolute atomic E-state index is 0.902. The lowest BCUT2D eigenvalue weighted by molar-refractivity contribution is 0.673. The van der Waals surface area contributed by atoms with Crippen molar-refractivity contribution < 1.29 is 4.42 Å². The maximum Gasteiger partial charge on any atom is 0.161 e. The summed E-state index contributed by atoms with van der Waals surface area (Å²) in [4.78, 5) is 0. The second kappa shape index (κ2) is 9.43. The molecule has 0 atom stereocenters. The topological polar surface area (TPSA) is 18.1 Å². The third-order valence-corrected chi connectivity index (χ3v) is 10.4. The first-order valence-corrected chi connectivity index (χ1v) is 16.1. The molecule has 3 heteroatoms. The summed E-state index contributed by atoms with van der Waals surface area (Å²) in [6, 6.07) is 54.6. The highest BCUT2D eigenvalue weighted by molar-refractivity contribution is 7.26. The molecule has 2 nitrogen and oxygen atoms in total. The standard InChI is InChI=1S/C42H25NOS/c1-2-11-29(12-3-1)43-35-17-7-6-14-33(35)41-40(43)39-31(15-8-18-36(39)44-41)28-22-20-27(21-23-28)30-16-9-19-37-38(30)34-25-24-26-10-4-5-13-32(26)42(34)45-37/h1-25H. The van der Waals surface area contributed by atoms with E-state index in [0.717, 1.165) is 38.7 Å². The van der Waals surface area contributed by atoms with E-state index < -0.39 is 0 Å². The predicted octanol–water partition coefficient (Wildman–Crippen LogP) is 12.4. The first kappa shape index (κ1) is 24.8. The first-order valence-electron chi connectivity index (χ1n) is 15.3. The van der Waals surface area contributed by atoms with Gasteiger partial charge in [-0.15, -0.1) is 11.3 Å². The van der Waals surface area contributed by atoms with Crippen molar-refractivity contribution in [2.24, 2.45) is 0 Å². The third kappa shape index (κ3) is 3.56. The van der Waals surface area contributed by atoms with E-state index in [1.807, 2.05) is 11.3 Å². The van der Waals surface area contributed by atoms with E-state index in [1.165, 1.54) is 53.2 Å². The molecule has 0 spiro atoms. The van der Waals surface area contributed by atoms with Crippen molar-refractivity contribution in [1.82, 2.24) is 4.57 Å². The van der Waals surface area contributed by atoms with Crippen molar-refractivity contribution >= 4 is 75.3 Å². The van der Waals surface area contributed by atoms with Gasteiger partial charge in [0.2, 0.25) is 0 Å². The Morgan fingerprint density at radius 3 is 2.00 bits per heavy atom. The van der Waals surface area contributed by atoms with Crippen LogP contribution in [-0.4, -0.2) is 4.57 Å². The van der Waals surface area contributed by atoms with Crippen LogP contribution < -0.4 is 0 Å². The fraction of sp³-hybridized carbons (Fsp3) is 0. The second-order valence-corrected chi connectivity index (χ2v) is 12.7. The van der Waals surface area contributed by atoms with E-state index in [4.69, 9.17) is 4.42 Å². The summed E-state index contributed by atoms with van der Waals surface area (Å²) in [6.07, 6.45) is 0. The van der Waals surface area contributed by atoms with Crippen molar-refractivity contribution in [3.05, 3.63) is 152 Å². The van der Waals surface area contributed by atoms with E-state index in [9.17, 15) is 0 Å². The van der Waals surface area contributed by atoms with Gasteiger partial charge in [-0.1, -0.05) is 115 Å². The monoisotopic (exact) mass is 591 g/mol. The van der Waals surface area contributed by atoms with E-state index in [-0.39, 0.29) is 0 Å². The molecule has 0 amide bonds. The molecule has 210 valence electrons. The molecule has 0 N–H and O–H groups in total. The molecule has 0 unspecified atom stereocenters. The summed E-state index contributed by atoms with van der Waals surface area (Å²) in [5.74, 6) is 0. The smallest absolute Gasteiger partial charge is 0.161 e. The Morgan fingerprint density at radius 2 is 1.18 bits per heavy atom. The van der Waals surface area contributed by atoms with Crippen LogP contribution >= 0.6 is 11.3 Å². The van der Waals surface area contributed by atoms with Gasteiger partial charge in [0, 0.05) is 31.2 Å². The summed E-state index contributed by atoms with van der Waals surface area (Å²) < 4.78 is 11.6. The Labute approximate surface area is 263 Å². The van der Waals surface area contributed by atoms with Crippen LogP contribution in [0.2, 0.25) is 0 Å². The molecule has 0 saturated carbocycles. The molecule has 3 aromatic heterocycles. The van der Waals surface area contributed by atoms with Crippen LogP contribution in [0.15, 0.2) is 156 Å². The van der Waals surface area contributed by atoms with Crippen LogP contribution in [0.25, 0.3) is 91.9 Å². The van der Waals surface area contributed by atoms with Crippen LogP contribution in [0.5, 0.6) is 0 Å². The Kier molecular flexibility index (Phi) is 5.19. The zero-order valence-corrected chi connectivity index (χ0v) is 25.0. The lowest BCUT2D eigenvalue weighted by Crippen LogP contribution is -1.93. The number of aromatic nitrogens is 1. The summed E-state index contributed by atoms with van der Waals surface area (Å²) in [6.45, 7) is 0. The third-order valence-electron chi connectivity index (χ3n) is 9.21. The molecule has 0 radical (unpaired) electrons. The lowest BCUT2D eigenvalue weighted by Gasteiger charge is -2.10. The molecule has 0 aliphatic carbocycles. The molecule has 10 rings (SSSR count). The largest absolute Gasteiger partial charge is 0.454 e. The molecule has 7 aromatic carbocycles. The molecule has 45 heavy (non-hydrogen) atoms. The number of furan rings is 1. The van der Waals surface area contributed by atoms with Gasteiger partial charge < -0.3 is 8.98 Å². The van der Waals surface area contributed by atoms with Crippen LogP contribution in [0.4, 0.5) is 0 Å². The minimum atomic E-state index is 0.902. The summed E-state index contributed by atoms with van der Waals surface area (Å²) >= 11 is 1.89. The summed E-state index contributed by atoms with van der Waals surface area (Å²) in [5.41, 5.74) is 10.0. The number of nitrogens with zero attached hydrogens (tertiary/aromatic N) is 1. The second-order valence-electron chi connectivity index (χ2n) is 11.7. The van der Waals surface area contributed by atoms with E-state index >= 15 is 0 Å². The van der Waals surface area contributed by atoms with Gasteiger partial charge in [0.15, 0.2) is 5.58 Å². The summed E-state index contributed by atoms with van der Waals surface area (Å²) in [5, 5.41) is 7.53. The Hall–Kier alpha value is -5.64. The molecule has 3 heterocycles. The summed E-state index contributed by atoms with van der Waals surface area (Å²) in [7, 11) is 0. The molecule has 0 aliphatic heterocycles. The Bertz CT molecular complexity index is 2740. The average molecular weight is 592 g/mol. The highest BCUT2D eigenvalue weighted by atomic mass is 32.1. The zero-order chi connectivity index (χ0) is 29.5. The molecular formula is C42H25NOS. The van der Waals surface area contributed by atoms with Gasteiger partial charge in [-0.2, -0.15) is 0 Å². The maximum absolute atomic E-state index is 6.61. The molecule has 0 aliphatic rings. The molecular weight excluding hydrogens is 567 g/mol. The highest BCUT2D eigenvalue weighted by Crippen LogP contribution is 2.45. The zero-order valence-electron chi connectivity index (χ0n) is 24.2. The normalized spacial score (nSPS) is 12.0. The number of thiophene rings is 1. The van der Waals surface area contributed by atoms with Gasteiger partial charge in [-0.05, 0) is 69.4 Å². The van der Waals surface area contributed by atoms with Crippen LogP contribution in [0.1, 0.15) is 0 Å². The number of fused-ring (bicyclic) bond motifs is 10. The number of benzene rings is 7. The van der Waals surface area contributed by atoms with E-state index in [1.54, 1.807) is 0 Å². The average Bonchev–Trinajstić information content (AvgIpc) is 3.78. The predicted molar refractivity (Wildman–Crippen MR) is 192 cm³/mol. The molecule has 10 aromatic rings. The molecule has 0 saturated heterocycles. The first-order chi connectivity index (χ1) is 22.3. The Morgan fingerprint density at radius 1 is 0.489 bits per heavy atom. The van der Waals surface area contributed by atoms with Crippen molar-refractivity contribution in [1.29, 1.82) is 0 Å². The van der Waals surface area contributed by atoms with Gasteiger partial charge in [-0.3, -0.25) is 0 Å². The van der Waals surface area contributed by atoms with Crippen LogP contribution in [-0.2, 0) is 0 Å². The number of rotatable bonds is 3. The number of hydrogen-bond acceptors (Lipinski definition) is 2. The van der Waals surface area contributed by atoms with Crippen LogP contribution in [0, 0.1) is 0 Å². The van der Waals surface area contributed by atoms with Gasteiger partial charge >= 0.3 is 0 Å². The SMILES string of the molecule is c1ccc(-n2c3ccccc3c3oc4cccc(-c5ccc(-c6cccc7sc8c9ccccc9ccc8c67)cc5)c4c32)cc1. The quantitative estimate of drug-likeness (QED) is 0.200. The van der Waals surface area contributed by atoms with Crippen molar-refractivity contribution in [2.45, 2.75) is 0 Å². The molecule has 0 fully saturated rings. The fourth-order valence-corrected chi connectivity index (χ4v) is 8.48. The number of hydrogen-bond donors (Lipinski definition) is 0. The van der Waals surface area contributed by atoms with Gasteiger partial charge in [-0.25, -0.2) is 0 Å². The van der Waals surface area contributed by atoms with E-state index in [0.29, 0.717) is 0 Å². The molecule has 0 bridgehead atoms. The minimum Gasteiger partial charge on any atom is -0.454 e. The maximum atomic E-state index is 6.61. The lowest BCUT2D eigenvalue weighted by atomic mass is 9.95. The highest BCUT2D eigenvalue weighted by Gasteiger charge is 2.22. The van der Waals surface area contributed by atoms with Gasteiger partial charge in [0.1, 0.15) is 11.1 Å². The fourth-order valence-electron chi connectivity index (χ4n) is 7.22. The van der Waals surface area contributed by atoms with E-state index in [2.05, 4.69) is 156 Å².